The van der Waals surface area contributed by atoms with Gasteiger partial charge in [0.05, 0.1) is 18.3 Å². The van der Waals surface area contributed by atoms with Gasteiger partial charge in [-0.25, -0.2) is 0 Å². The van der Waals surface area contributed by atoms with Gasteiger partial charge >= 0.3 is 0 Å². The first-order valence-corrected chi connectivity index (χ1v) is 12.0. The highest BCUT2D eigenvalue weighted by molar-refractivity contribution is 5.81. The van der Waals surface area contributed by atoms with Gasteiger partial charge < -0.3 is 15.7 Å². The van der Waals surface area contributed by atoms with Gasteiger partial charge in [-0.1, -0.05) is 26.8 Å². The number of amides is 2. The minimum atomic E-state index is -0.537. The van der Waals surface area contributed by atoms with Crippen molar-refractivity contribution in [3.63, 3.8) is 0 Å². The summed E-state index contributed by atoms with van der Waals surface area (Å²) >= 11 is 0. The van der Waals surface area contributed by atoms with Crippen LogP contribution >= 0.6 is 0 Å². The number of rotatable bonds is 6. The third kappa shape index (κ3) is 4.64. The molecular weight excluding hydrogens is 390 g/mol. The van der Waals surface area contributed by atoms with Crippen LogP contribution < -0.4 is 10.6 Å². The van der Waals surface area contributed by atoms with E-state index in [4.69, 9.17) is 0 Å². The molecule has 6 nitrogen and oxygen atoms in total. The van der Waals surface area contributed by atoms with Gasteiger partial charge in [-0.15, -0.1) is 0 Å². The van der Waals surface area contributed by atoms with E-state index in [1.165, 1.54) is 0 Å². The summed E-state index contributed by atoms with van der Waals surface area (Å²) in [6.07, 6.45) is 7.06. The molecule has 3 aliphatic carbocycles. The molecule has 0 saturated heterocycles. The molecule has 4 rings (SSSR count). The molecule has 1 aromatic heterocycles. The van der Waals surface area contributed by atoms with Crippen LogP contribution in [0.5, 0.6) is 0 Å². The van der Waals surface area contributed by atoms with Crippen LogP contribution in [0.4, 0.5) is 0 Å². The predicted octanol–water partition coefficient (Wildman–Crippen LogP) is 3.05. The van der Waals surface area contributed by atoms with E-state index in [1.807, 2.05) is 25.1 Å². The SMILES string of the molecule is C[C@H]1[C@@H]2[C@@H](O)[C@@H]([C@H](C)C(=O)NCc3ccccn3)CC[C@@]2(C)CC[C@@H]1NC(=O)C1CC1. The molecule has 3 fully saturated rings. The average Bonchev–Trinajstić information content (AvgIpc) is 3.60. The lowest BCUT2D eigenvalue weighted by Crippen LogP contribution is -2.58. The van der Waals surface area contributed by atoms with Gasteiger partial charge in [-0.3, -0.25) is 14.6 Å². The number of aliphatic hydroxyl groups excluding tert-OH is 1. The molecule has 0 unspecified atom stereocenters. The monoisotopic (exact) mass is 427 g/mol. The number of aromatic nitrogens is 1. The van der Waals surface area contributed by atoms with E-state index >= 15 is 0 Å². The first kappa shape index (κ1) is 22.3. The van der Waals surface area contributed by atoms with Crippen molar-refractivity contribution in [3.05, 3.63) is 30.1 Å². The Balaban J connectivity index is 1.41. The molecule has 31 heavy (non-hydrogen) atoms. The fraction of sp³-hybridized carbons (Fsp3) is 0.720. The van der Waals surface area contributed by atoms with Crippen molar-refractivity contribution < 1.29 is 14.7 Å². The maximum Gasteiger partial charge on any atom is 0.223 e. The van der Waals surface area contributed by atoms with Crippen LogP contribution in [0.1, 0.15) is 65.0 Å². The number of carbonyl (C=O) groups excluding carboxylic acids is 2. The number of hydrogen-bond acceptors (Lipinski definition) is 4. The molecule has 0 aliphatic heterocycles. The first-order chi connectivity index (χ1) is 14.8. The van der Waals surface area contributed by atoms with E-state index in [2.05, 4.69) is 29.5 Å². The molecule has 3 aliphatic rings. The smallest absolute Gasteiger partial charge is 0.223 e. The molecule has 0 aromatic carbocycles. The summed E-state index contributed by atoms with van der Waals surface area (Å²) in [5, 5.41) is 17.7. The number of aliphatic hydroxyl groups is 1. The van der Waals surface area contributed by atoms with Crippen molar-refractivity contribution in [1.82, 2.24) is 15.6 Å². The van der Waals surface area contributed by atoms with Crippen molar-refractivity contribution in [1.29, 1.82) is 0 Å². The van der Waals surface area contributed by atoms with Crippen LogP contribution in [0, 0.1) is 35.0 Å². The second kappa shape index (κ2) is 8.89. The molecule has 170 valence electrons. The Morgan fingerprint density at radius 1 is 1.23 bits per heavy atom. The lowest BCUT2D eigenvalue weighted by Gasteiger charge is -2.56. The Morgan fingerprint density at radius 2 is 1.97 bits per heavy atom. The van der Waals surface area contributed by atoms with E-state index in [1.54, 1.807) is 6.20 Å². The molecule has 1 heterocycles. The second-order valence-electron chi connectivity index (χ2n) is 10.5. The van der Waals surface area contributed by atoms with Crippen molar-refractivity contribution in [2.75, 3.05) is 0 Å². The number of nitrogens with one attached hydrogen (secondary N) is 2. The standard InChI is InChI=1S/C25H37N3O3/c1-15(23(30)27-14-18-6-4-5-13-26-18)19-9-11-25(3)12-10-20(16(2)21(25)22(19)29)28-24(31)17-7-8-17/h4-6,13,15-17,19-22,29H,7-12,14H2,1-3H3,(H,27,30)(H,28,31)/t15-,16+,19+,20-,21+,22-,25-/m0/s1. The maximum atomic E-state index is 12.9. The van der Waals surface area contributed by atoms with Gasteiger partial charge in [0.15, 0.2) is 0 Å². The third-order valence-electron chi connectivity index (χ3n) is 8.39. The summed E-state index contributed by atoms with van der Waals surface area (Å²) in [5.41, 5.74) is 0.898. The van der Waals surface area contributed by atoms with E-state index in [9.17, 15) is 14.7 Å². The van der Waals surface area contributed by atoms with Gasteiger partial charge in [0.1, 0.15) is 0 Å². The van der Waals surface area contributed by atoms with E-state index in [0.717, 1.165) is 44.2 Å². The average molecular weight is 428 g/mol. The van der Waals surface area contributed by atoms with Crippen LogP contribution in [-0.2, 0) is 16.1 Å². The molecular formula is C25H37N3O3. The highest BCUT2D eigenvalue weighted by Gasteiger charge is 2.54. The van der Waals surface area contributed by atoms with Gasteiger partial charge in [0.2, 0.25) is 11.8 Å². The minimum Gasteiger partial charge on any atom is -0.392 e. The lowest BCUT2D eigenvalue weighted by atomic mass is 9.51. The van der Waals surface area contributed by atoms with Crippen LogP contribution in [-0.4, -0.2) is 34.1 Å². The Morgan fingerprint density at radius 3 is 2.65 bits per heavy atom. The second-order valence-corrected chi connectivity index (χ2v) is 10.5. The van der Waals surface area contributed by atoms with E-state index in [0.29, 0.717) is 6.54 Å². The Hall–Kier alpha value is -1.95. The molecule has 0 bridgehead atoms. The van der Waals surface area contributed by atoms with E-state index < -0.39 is 6.10 Å². The normalized spacial score (nSPS) is 36.2. The molecule has 3 N–H and O–H groups in total. The third-order valence-corrected chi connectivity index (χ3v) is 8.39. The molecule has 3 saturated carbocycles. The molecule has 2 amide bonds. The fourth-order valence-corrected chi connectivity index (χ4v) is 6.18. The van der Waals surface area contributed by atoms with Crippen LogP contribution in [0.3, 0.4) is 0 Å². The van der Waals surface area contributed by atoms with Gasteiger partial charge in [0.25, 0.3) is 0 Å². The summed E-state index contributed by atoms with van der Waals surface area (Å²) in [6, 6.07) is 5.78. The van der Waals surface area contributed by atoms with Crippen LogP contribution in [0.2, 0.25) is 0 Å². The van der Waals surface area contributed by atoms with Crippen molar-refractivity contribution in [2.45, 2.75) is 78.0 Å². The summed E-state index contributed by atoms with van der Waals surface area (Å²) in [4.78, 5) is 29.5. The number of pyridine rings is 1. The van der Waals surface area contributed by atoms with Crippen LogP contribution in [0.15, 0.2) is 24.4 Å². The molecule has 1 aromatic rings. The van der Waals surface area contributed by atoms with Gasteiger partial charge in [0, 0.05) is 24.1 Å². The summed E-state index contributed by atoms with van der Waals surface area (Å²) < 4.78 is 0. The molecule has 7 atom stereocenters. The summed E-state index contributed by atoms with van der Waals surface area (Å²) in [5.74, 6) is 0.315. The topological polar surface area (TPSA) is 91.3 Å². The van der Waals surface area contributed by atoms with Crippen LogP contribution in [0.25, 0.3) is 0 Å². The van der Waals surface area contributed by atoms with Crippen molar-refractivity contribution in [2.24, 2.45) is 35.0 Å². The quantitative estimate of drug-likeness (QED) is 0.651. The van der Waals surface area contributed by atoms with Gasteiger partial charge in [-0.05, 0) is 73.8 Å². The number of carbonyl (C=O) groups is 2. The van der Waals surface area contributed by atoms with Crippen molar-refractivity contribution >= 4 is 11.8 Å². The zero-order valence-corrected chi connectivity index (χ0v) is 19.0. The zero-order chi connectivity index (χ0) is 22.2. The predicted molar refractivity (Wildman–Crippen MR) is 119 cm³/mol. The molecule has 6 heteroatoms. The first-order valence-electron chi connectivity index (χ1n) is 12.0. The highest BCUT2D eigenvalue weighted by atomic mass is 16.3. The Labute approximate surface area is 185 Å². The largest absolute Gasteiger partial charge is 0.392 e. The molecule has 0 radical (unpaired) electrons. The number of nitrogens with zero attached hydrogens (tertiary/aromatic N) is 1. The highest BCUT2D eigenvalue weighted by Crippen LogP contribution is 2.55. The Bertz CT molecular complexity index is 796. The van der Waals surface area contributed by atoms with E-state index in [-0.39, 0.29) is 52.9 Å². The minimum absolute atomic E-state index is 0.0274. The molecule has 0 spiro atoms. The van der Waals surface area contributed by atoms with Crippen molar-refractivity contribution in [3.8, 4) is 0 Å². The summed E-state index contributed by atoms with van der Waals surface area (Å²) in [7, 11) is 0. The van der Waals surface area contributed by atoms with Gasteiger partial charge in [-0.2, -0.15) is 0 Å². The lowest BCUT2D eigenvalue weighted by molar-refractivity contribution is -0.144. The fourth-order valence-electron chi connectivity index (χ4n) is 6.18. The summed E-state index contributed by atoms with van der Waals surface area (Å²) in [6.45, 7) is 6.81. The number of hydrogen-bond donors (Lipinski definition) is 3. The zero-order valence-electron chi connectivity index (χ0n) is 19.0. The maximum absolute atomic E-state index is 12.9. The number of fused-ring (bicyclic) bond motifs is 1. The Kier molecular flexibility index (Phi) is 6.38.